The van der Waals surface area contributed by atoms with Gasteiger partial charge in [-0.2, -0.15) is 8.75 Å². The fourth-order valence-electron chi connectivity index (χ4n) is 3.25. The Hall–Kier alpha value is -1.56. The van der Waals surface area contributed by atoms with Crippen molar-refractivity contribution < 1.29 is 0 Å². The van der Waals surface area contributed by atoms with Gasteiger partial charge < -0.3 is 0 Å². The molecule has 0 aliphatic rings. The Morgan fingerprint density at radius 2 is 1.46 bits per heavy atom. The summed E-state index contributed by atoms with van der Waals surface area (Å²) in [6.45, 7) is 11.4. The standard InChI is InChI=1S/C23H26N2S3/c1-6-14(3)17-10-11-18(26-17)15-8-9-16(22-21(15)24-28-25-22)19-12-13-20(27-19)23(4,5)7-2/h8-14H,6-7H2,1-5H3. The summed E-state index contributed by atoms with van der Waals surface area (Å²) in [6.07, 6.45) is 2.30. The van der Waals surface area contributed by atoms with E-state index in [1.54, 1.807) is 0 Å². The zero-order valence-electron chi connectivity index (χ0n) is 17.1. The number of hydrogen-bond acceptors (Lipinski definition) is 5. The molecule has 0 spiro atoms. The number of fused-ring (bicyclic) bond motifs is 1. The molecule has 0 aliphatic carbocycles. The Labute approximate surface area is 179 Å². The number of benzene rings is 1. The molecule has 3 aromatic heterocycles. The van der Waals surface area contributed by atoms with Crippen LogP contribution in [0.25, 0.3) is 31.9 Å². The van der Waals surface area contributed by atoms with Crippen molar-refractivity contribution in [1.82, 2.24) is 8.75 Å². The van der Waals surface area contributed by atoms with Gasteiger partial charge in [-0.15, -0.1) is 22.7 Å². The third kappa shape index (κ3) is 3.44. The lowest BCUT2D eigenvalue weighted by atomic mass is 9.89. The number of aromatic nitrogens is 2. The summed E-state index contributed by atoms with van der Waals surface area (Å²) < 4.78 is 9.34. The largest absolute Gasteiger partial charge is 0.172 e. The highest BCUT2D eigenvalue weighted by atomic mass is 32.1. The van der Waals surface area contributed by atoms with Crippen LogP contribution in [0, 0.1) is 0 Å². The van der Waals surface area contributed by atoms with E-state index in [0.29, 0.717) is 5.92 Å². The van der Waals surface area contributed by atoms with Gasteiger partial charge in [0.05, 0.1) is 11.7 Å². The van der Waals surface area contributed by atoms with Crippen LogP contribution in [0.2, 0.25) is 0 Å². The van der Waals surface area contributed by atoms with Gasteiger partial charge >= 0.3 is 0 Å². The minimum absolute atomic E-state index is 0.214. The van der Waals surface area contributed by atoms with E-state index in [9.17, 15) is 0 Å². The summed E-state index contributed by atoms with van der Waals surface area (Å²) in [5.41, 5.74) is 4.69. The molecule has 0 bridgehead atoms. The van der Waals surface area contributed by atoms with Crippen molar-refractivity contribution in [2.24, 2.45) is 0 Å². The SMILES string of the molecule is CCC(C)c1ccc(-c2ccc(-c3ccc(C(C)(C)CC)s3)c3nsnc23)s1. The summed E-state index contributed by atoms with van der Waals surface area (Å²) in [4.78, 5) is 5.45. The van der Waals surface area contributed by atoms with Crippen LogP contribution in [0.3, 0.4) is 0 Å². The molecule has 5 heteroatoms. The highest BCUT2D eigenvalue weighted by Gasteiger charge is 2.22. The molecule has 28 heavy (non-hydrogen) atoms. The monoisotopic (exact) mass is 426 g/mol. The quantitative estimate of drug-likeness (QED) is 0.309. The lowest BCUT2D eigenvalue weighted by Crippen LogP contribution is -2.12. The molecule has 1 unspecified atom stereocenters. The van der Waals surface area contributed by atoms with Crippen LogP contribution in [0.1, 0.15) is 63.1 Å². The molecule has 0 N–H and O–H groups in total. The predicted octanol–water partition coefficient (Wildman–Crippen LogP) is 8.35. The second-order valence-corrected chi connectivity index (χ2v) is 10.8. The molecule has 1 atom stereocenters. The maximum Gasteiger partial charge on any atom is 0.114 e. The molecule has 0 saturated carbocycles. The normalized spacial score (nSPS) is 13.3. The second kappa shape index (κ2) is 7.69. The first-order valence-electron chi connectivity index (χ1n) is 9.90. The molecule has 0 radical (unpaired) electrons. The van der Waals surface area contributed by atoms with Crippen LogP contribution in [-0.2, 0) is 5.41 Å². The minimum atomic E-state index is 0.214. The van der Waals surface area contributed by atoms with Crippen LogP contribution >= 0.6 is 34.4 Å². The average Bonchev–Trinajstić information content (AvgIpc) is 3.46. The first-order chi connectivity index (χ1) is 13.4. The summed E-state index contributed by atoms with van der Waals surface area (Å²) in [6, 6.07) is 13.5. The number of thiophene rings is 2. The van der Waals surface area contributed by atoms with Crippen LogP contribution in [0.15, 0.2) is 36.4 Å². The Morgan fingerprint density at radius 3 is 2.07 bits per heavy atom. The molecule has 0 aliphatic heterocycles. The molecule has 3 heterocycles. The molecular weight excluding hydrogens is 400 g/mol. The third-order valence-corrected chi connectivity index (χ3v) is 9.19. The zero-order valence-corrected chi connectivity index (χ0v) is 19.5. The Balaban J connectivity index is 1.77. The maximum absolute atomic E-state index is 4.67. The lowest BCUT2D eigenvalue weighted by Gasteiger charge is -2.20. The zero-order chi connectivity index (χ0) is 19.9. The number of hydrogen-bond donors (Lipinski definition) is 0. The smallest absolute Gasteiger partial charge is 0.114 e. The maximum atomic E-state index is 4.67. The first kappa shape index (κ1) is 19.7. The number of nitrogens with zero attached hydrogens (tertiary/aromatic N) is 2. The summed E-state index contributed by atoms with van der Waals surface area (Å²) in [7, 11) is 0. The van der Waals surface area contributed by atoms with E-state index in [4.69, 9.17) is 0 Å². The van der Waals surface area contributed by atoms with Crippen molar-refractivity contribution in [3.63, 3.8) is 0 Å². The fraction of sp³-hybridized carbons (Fsp3) is 0.391. The van der Waals surface area contributed by atoms with Crippen LogP contribution < -0.4 is 0 Å². The van der Waals surface area contributed by atoms with Gasteiger partial charge in [-0.1, -0.05) is 46.8 Å². The van der Waals surface area contributed by atoms with E-state index in [1.807, 2.05) is 22.7 Å². The van der Waals surface area contributed by atoms with Crippen molar-refractivity contribution in [3.8, 4) is 20.9 Å². The minimum Gasteiger partial charge on any atom is -0.172 e. The van der Waals surface area contributed by atoms with Crippen molar-refractivity contribution in [2.45, 2.75) is 58.8 Å². The molecule has 4 rings (SSSR count). The second-order valence-electron chi connectivity index (χ2n) is 8.03. The molecule has 4 aromatic rings. The van der Waals surface area contributed by atoms with Gasteiger partial charge in [0.1, 0.15) is 11.0 Å². The number of rotatable bonds is 6. The van der Waals surface area contributed by atoms with Crippen LogP contribution in [0.5, 0.6) is 0 Å². The van der Waals surface area contributed by atoms with Gasteiger partial charge in [0.2, 0.25) is 0 Å². The van der Waals surface area contributed by atoms with E-state index in [0.717, 1.165) is 17.5 Å². The van der Waals surface area contributed by atoms with Gasteiger partial charge in [0, 0.05) is 30.6 Å². The van der Waals surface area contributed by atoms with Crippen molar-refractivity contribution in [2.75, 3.05) is 0 Å². The molecule has 0 saturated heterocycles. The molecule has 146 valence electrons. The van der Waals surface area contributed by atoms with Gasteiger partial charge in [-0.05, 0) is 48.4 Å². The molecule has 1 aromatic carbocycles. The molecule has 0 amide bonds. The summed E-state index contributed by atoms with van der Waals surface area (Å²) >= 11 is 5.09. The van der Waals surface area contributed by atoms with Gasteiger partial charge in [-0.25, -0.2) is 0 Å². The topological polar surface area (TPSA) is 25.8 Å². The van der Waals surface area contributed by atoms with E-state index in [-0.39, 0.29) is 5.41 Å². The Bertz CT molecular complexity index is 1100. The third-order valence-electron chi connectivity index (χ3n) is 5.83. The average molecular weight is 427 g/mol. The van der Waals surface area contributed by atoms with Crippen molar-refractivity contribution in [3.05, 3.63) is 46.2 Å². The van der Waals surface area contributed by atoms with Crippen molar-refractivity contribution >= 4 is 45.4 Å². The lowest BCUT2D eigenvalue weighted by molar-refractivity contribution is 0.517. The van der Waals surface area contributed by atoms with E-state index in [1.165, 1.54) is 48.8 Å². The molecule has 2 nitrogen and oxygen atoms in total. The van der Waals surface area contributed by atoms with Gasteiger partial charge in [0.15, 0.2) is 0 Å². The predicted molar refractivity (Wildman–Crippen MR) is 126 cm³/mol. The molecule has 0 fully saturated rings. The van der Waals surface area contributed by atoms with Gasteiger partial charge in [-0.3, -0.25) is 0 Å². The first-order valence-corrected chi connectivity index (χ1v) is 12.3. The van der Waals surface area contributed by atoms with Crippen molar-refractivity contribution in [1.29, 1.82) is 0 Å². The Morgan fingerprint density at radius 1 is 0.857 bits per heavy atom. The van der Waals surface area contributed by atoms with Crippen LogP contribution in [0.4, 0.5) is 0 Å². The summed E-state index contributed by atoms with van der Waals surface area (Å²) in [5.74, 6) is 0.605. The van der Waals surface area contributed by atoms with Gasteiger partial charge in [0.25, 0.3) is 0 Å². The van der Waals surface area contributed by atoms with Crippen LogP contribution in [-0.4, -0.2) is 8.75 Å². The highest BCUT2D eigenvalue weighted by molar-refractivity contribution is 7.16. The highest BCUT2D eigenvalue weighted by Crippen LogP contribution is 2.42. The van der Waals surface area contributed by atoms with E-state index < -0.39 is 0 Å². The summed E-state index contributed by atoms with van der Waals surface area (Å²) in [5, 5.41) is 0. The van der Waals surface area contributed by atoms with E-state index in [2.05, 4.69) is 79.8 Å². The fourth-order valence-corrected chi connectivity index (χ4v) is 6.20. The van der Waals surface area contributed by atoms with E-state index >= 15 is 0 Å². The Kier molecular flexibility index (Phi) is 5.43. The molecular formula is C23H26N2S3.